The third-order valence-corrected chi connectivity index (χ3v) is 5.07. The largest absolute Gasteiger partial charge is 0.357 e. The van der Waals surface area contributed by atoms with E-state index < -0.39 is 0 Å². The Hall–Kier alpha value is -2.28. The van der Waals surface area contributed by atoms with Crippen LogP contribution >= 0.6 is 23.2 Å². The number of pyridine rings is 1. The molecule has 0 radical (unpaired) electrons. The maximum Gasteiger partial charge on any atom is 0.202 e. The van der Waals surface area contributed by atoms with E-state index in [-0.39, 0.29) is 0 Å². The van der Waals surface area contributed by atoms with E-state index in [1.165, 1.54) is 0 Å². The summed E-state index contributed by atoms with van der Waals surface area (Å²) in [5.41, 5.74) is 4.93. The van der Waals surface area contributed by atoms with Gasteiger partial charge in [0.2, 0.25) is 5.95 Å². The normalized spacial score (nSPS) is 11.5. The van der Waals surface area contributed by atoms with Gasteiger partial charge >= 0.3 is 0 Å². The zero-order chi connectivity index (χ0) is 18.8. The second kappa shape index (κ2) is 7.76. The summed E-state index contributed by atoms with van der Waals surface area (Å²) >= 11 is 12.4. The second-order valence-corrected chi connectivity index (χ2v) is 7.30. The second-order valence-electron chi connectivity index (χ2n) is 6.46. The Kier molecular flexibility index (Phi) is 5.20. The predicted octanol–water partition coefficient (Wildman–Crippen LogP) is 4.65. The number of halogens is 2. The molecule has 4 N–H and O–H groups in total. The minimum absolute atomic E-state index is 0.639. The number of benzene rings is 1. The lowest BCUT2D eigenvalue weighted by Gasteiger charge is -2.05. The molecule has 27 heavy (non-hydrogen) atoms. The van der Waals surface area contributed by atoms with Crippen LogP contribution in [-0.2, 0) is 6.54 Å². The van der Waals surface area contributed by atoms with Gasteiger partial charge in [0.05, 0.1) is 10.5 Å². The van der Waals surface area contributed by atoms with Crippen LogP contribution in [0.25, 0.3) is 22.1 Å². The average molecular weight is 403 g/mol. The van der Waals surface area contributed by atoms with Crippen LogP contribution < -0.4 is 10.6 Å². The summed E-state index contributed by atoms with van der Waals surface area (Å²) in [6.45, 7) is 4.53. The minimum atomic E-state index is 0.639. The summed E-state index contributed by atoms with van der Waals surface area (Å²) in [6, 6.07) is 7.54. The van der Waals surface area contributed by atoms with Gasteiger partial charge in [-0.2, -0.15) is 4.98 Å². The Balaban J connectivity index is 1.27. The molecule has 0 bridgehead atoms. The highest BCUT2D eigenvalue weighted by Gasteiger charge is 2.11. The third-order valence-electron chi connectivity index (χ3n) is 4.55. The number of nitrogens with zero attached hydrogens (tertiary/aromatic N) is 2. The van der Waals surface area contributed by atoms with E-state index in [0.29, 0.717) is 10.0 Å². The fourth-order valence-corrected chi connectivity index (χ4v) is 3.83. The summed E-state index contributed by atoms with van der Waals surface area (Å²) in [6.07, 6.45) is 2.71. The number of nitrogens with one attached hydrogen (secondary N) is 4. The molecule has 3 heterocycles. The standard InChI is InChI=1S/C19H20Cl2N6/c1-11-16(25-15-9-12(20)8-13(21)17(11)15)10-22-5-3-7-24-19-26-14-4-2-6-23-18(14)27-19/h2,4,6,8-9,22,25H,3,5,7,10H2,1H3,(H2,23,24,26,27). The number of H-pyrrole nitrogens is 2. The maximum atomic E-state index is 6.32. The Labute approximate surface area is 166 Å². The summed E-state index contributed by atoms with van der Waals surface area (Å²) in [4.78, 5) is 15.2. The highest BCUT2D eigenvalue weighted by atomic mass is 35.5. The first kappa shape index (κ1) is 18.1. The van der Waals surface area contributed by atoms with E-state index in [1.807, 2.05) is 18.2 Å². The quantitative estimate of drug-likeness (QED) is 0.339. The summed E-state index contributed by atoms with van der Waals surface area (Å²) < 4.78 is 0. The van der Waals surface area contributed by atoms with E-state index in [9.17, 15) is 0 Å². The van der Waals surface area contributed by atoms with Gasteiger partial charge in [0.25, 0.3) is 0 Å². The van der Waals surface area contributed by atoms with Gasteiger partial charge in [-0.05, 0) is 49.7 Å². The number of hydrogen-bond donors (Lipinski definition) is 4. The number of fused-ring (bicyclic) bond motifs is 2. The molecular weight excluding hydrogens is 383 g/mol. The highest BCUT2D eigenvalue weighted by molar-refractivity contribution is 6.38. The van der Waals surface area contributed by atoms with Gasteiger partial charge in [0, 0.05) is 40.9 Å². The fraction of sp³-hybridized carbons (Fsp3) is 0.263. The van der Waals surface area contributed by atoms with Crippen molar-refractivity contribution in [3.8, 4) is 0 Å². The molecule has 3 aromatic heterocycles. The maximum absolute atomic E-state index is 6.32. The average Bonchev–Trinajstić information content (AvgIpc) is 3.18. The predicted molar refractivity (Wildman–Crippen MR) is 112 cm³/mol. The molecule has 0 saturated carbocycles. The van der Waals surface area contributed by atoms with E-state index >= 15 is 0 Å². The van der Waals surface area contributed by atoms with E-state index in [4.69, 9.17) is 23.2 Å². The van der Waals surface area contributed by atoms with Crippen molar-refractivity contribution in [1.82, 2.24) is 25.3 Å². The van der Waals surface area contributed by atoms with Gasteiger partial charge in [-0.25, -0.2) is 4.98 Å². The molecule has 0 aliphatic rings. The molecule has 0 aliphatic heterocycles. The first-order valence-electron chi connectivity index (χ1n) is 8.83. The Morgan fingerprint density at radius 2 is 2.00 bits per heavy atom. The molecule has 140 valence electrons. The lowest BCUT2D eigenvalue weighted by atomic mass is 10.1. The summed E-state index contributed by atoms with van der Waals surface area (Å²) in [5, 5.41) is 9.11. The highest BCUT2D eigenvalue weighted by Crippen LogP contribution is 2.31. The van der Waals surface area contributed by atoms with Crippen molar-refractivity contribution in [3.05, 3.63) is 51.8 Å². The Morgan fingerprint density at radius 3 is 2.85 bits per heavy atom. The van der Waals surface area contributed by atoms with Gasteiger partial charge in [0.1, 0.15) is 0 Å². The van der Waals surface area contributed by atoms with Crippen molar-refractivity contribution >= 4 is 51.2 Å². The van der Waals surface area contributed by atoms with E-state index in [2.05, 4.69) is 37.5 Å². The van der Waals surface area contributed by atoms with Gasteiger partial charge in [0.15, 0.2) is 5.65 Å². The van der Waals surface area contributed by atoms with Crippen LogP contribution in [0.4, 0.5) is 5.95 Å². The van der Waals surface area contributed by atoms with Crippen LogP contribution in [0.2, 0.25) is 10.0 Å². The number of hydrogen-bond acceptors (Lipinski definition) is 4. The number of aromatic amines is 2. The van der Waals surface area contributed by atoms with E-state index in [0.717, 1.165) is 65.3 Å². The molecule has 8 heteroatoms. The SMILES string of the molecule is Cc1c(CNCCCNc2nc3ncccc3[nH]2)[nH]c2cc(Cl)cc(Cl)c12. The Morgan fingerprint density at radius 1 is 1.11 bits per heavy atom. The molecule has 0 unspecified atom stereocenters. The molecule has 1 aromatic carbocycles. The molecular formula is C19H20Cl2N6. The molecule has 6 nitrogen and oxygen atoms in total. The topological polar surface area (TPSA) is 81.4 Å². The van der Waals surface area contributed by atoms with Crippen molar-refractivity contribution in [2.24, 2.45) is 0 Å². The van der Waals surface area contributed by atoms with Crippen LogP contribution in [0, 0.1) is 6.92 Å². The molecule has 0 fully saturated rings. The monoisotopic (exact) mass is 402 g/mol. The van der Waals surface area contributed by atoms with Gasteiger partial charge < -0.3 is 20.6 Å². The molecule has 0 amide bonds. The first-order valence-corrected chi connectivity index (χ1v) is 9.59. The number of imidazole rings is 1. The third kappa shape index (κ3) is 3.88. The number of anilines is 1. The molecule has 0 spiro atoms. The fourth-order valence-electron chi connectivity index (χ4n) is 3.20. The van der Waals surface area contributed by atoms with Crippen LogP contribution in [0.15, 0.2) is 30.5 Å². The van der Waals surface area contributed by atoms with Crippen molar-refractivity contribution in [2.45, 2.75) is 19.9 Å². The van der Waals surface area contributed by atoms with E-state index in [1.54, 1.807) is 12.3 Å². The molecule has 0 saturated heterocycles. The van der Waals surface area contributed by atoms with Gasteiger partial charge in [-0.1, -0.05) is 23.2 Å². The molecule has 4 rings (SSSR count). The molecule has 0 aliphatic carbocycles. The number of rotatable bonds is 7. The summed E-state index contributed by atoms with van der Waals surface area (Å²) in [5.74, 6) is 0.752. The van der Waals surface area contributed by atoms with Crippen LogP contribution in [0.3, 0.4) is 0 Å². The van der Waals surface area contributed by atoms with Gasteiger partial charge in [-0.15, -0.1) is 0 Å². The van der Waals surface area contributed by atoms with Crippen molar-refractivity contribution in [3.63, 3.8) is 0 Å². The molecule has 4 aromatic rings. The number of aromatic nitrogens is 4. The number of aryl methyl sites for hydroxylation is 1. The zero-order valence-corrected chi connectivity index (χ0v) is 16.4. The smallest absolute Gasteiger partial charge is 0.202 e. The first-order chi connectivity index (χ1) is 13.1. The van der Waals surface area contributed by atoms with Gasteiger partial charge in [-0.3, -0.25) is 0 Å². The lowest BCUT2D eigenvalue weighted by molar-refractivity contribution is 0.653. The summed E-state index contributed by atoms with van der Waals surface area (Å²) in [7, 11) is 0. The Bertz CT molecular complexity index is 1050. The zero-order valence-electron chi connectivity index (χ0n) is 14.9. The van der Waals surface area contributed by atoms with Crippen LogP contribution in [0.1, 0.15) is 17.7 Å². The van der Waals surface area contributed by atoms with Crippen LogP contribution in [-0.4, -0.2) is 33.0 Å². The molecule has 0 atom stereocenters. The lowest BCUT2D eigenvalue weighted by Crippen LogP contribution is -2.18. The van der Waals surface area contributed by atoms with Crippen molar-refractivity contribution in [2.75, 3.05) is 18.4 Å². The van der Waals surface area contributed by atoms with Crippen LogP contribution in [0.5, 0.6) is 0 Å². The van der Waals surface area contributed by atoms with Crippen molar-refractivity contribution < 1.29 is 0 Å². The minimum Gasteiger partial charge on any atom is -0.357 e. The van der Waals surface area contributed by atoms with Crippen molar-refractivity contribution in [1.29, 1.82) is 0 Å².